The summed E-state index contributed by atoms with van der Waals surface area (Å²) in [5.74, 6) is -1.57. The lowest BCUT2D eigenvalue weighted by Gasteiger charge is -2.10. The van der Waals surface area contributed by atoms with Crippen LogP contribution in [0.15, 0.2) is 12.2 Å². The van der Waals surface area contributed by atoms with Gasteiger partial charge in [-0.2, -0.15) is 0 Å². The lowest BCUT2D eigenvalue weighted by molar-refractivity contribution is -0.145. The fourth-order valence-electron chi connectivity index (χ4n) is 2.50. The molecule has 2 rings (SSSR count). The Morgan fingerprint density at radius 1 is 1.25 bits per heavy atom. The monoisotopic (exact) mass is 353 g/mol. The Balaban J connectivity index is 2.16. The zero-order chi connectivity index (χ0) is 17.7. The van der Waals surface area contributed by atoms with Crippen molar-refractivity contribution in [2.45, 2.75) is 25.9 Å². The van der Waals surface area contributed by atoms with E-state index < -0.39 is 17.9 Å². The molecule has 7 nitrogen and oxygen atoms in total. The van der Waals surface area contributed by atoms with Crippen LogP contribution in [0.1, 0.15) is 44.9 Å². The molecule has 0 unspecified atom stereocenters. The maximum absolute atomic E-state index is 12.0. The topological polar surface area (TPSA) is 105 Å². The fourth-order valence-corrected chi connectivity index (χ4v) is 3.48. The van der Waals surface area contributed by atoms with E-state index in [4.69, 9.17) is 10.5 Å². The molecule has 0 aliphatic heterocycles. The van der Waals surface area contributed by atoms with E-state index in [1.807, 2.05) is 12.2 Å². The van der Waals surface area contributed by atoms with Crippen molar-refractivity contribution in [3.8, 4) is 0 Å². The van der Waals surface area contributed by atoms with E-state index in [0.717, 1.165) is 24.2 Å². The molecule has 1 aliphatic rings. The number of hydrogen-bond donors (Lipinski definition) is 1. The summed E-state index contributed by atoms with van der Waals surface area (Å²) in [5.41, 5.74) is 6.06. The van der Waals surface area contributed by atoms with Crippen LogP contribution >= 0.6 is 11.3 Å². The summed E-state index contributed by atoms with van der Waals surface area (Å²) in [6.07, 6.45) is 6.16. The number of hydrogen-bond acceptors (Lipinski definition) is 8. The van der Waals surface area contributed by atoms with Gasteiger partial charge in [0.15, 0.2) is 0 Å². The number of allylic oxidation sites excluding steroid dienone is 2. The minimum Gasteiger partial charge on any atom is -0.465 e. The van der Waals surface area contributed by atoms with Gasteiger partial charge >= 0.3 is 17.9 Å². The predicted molar refractivity (Wildman–Crippen MR) is 87.7 cm³/mol. The molecule has 1 atom stereocenters. The van der Waals surface area contributed by atoms with Crippen molar-refractivity contribution in [1.29, 1.82) is 0 Å². The van der Waals surface area contributed by atoms with Crippen LogP contribution in [0.3, 0.4) is 0 Å². The maximum atomic E-state index is 12.0. The van der Waals surface area contributed by atoms with Crippen LogP contribution in [-0.4, -0.2) is 32.1 Å². The zero-order valence-corrected chi connectivity index (χ0v) is 14.3. The third-order valence-corrected chi connectivity index (χ3v) is 4.75. The van der Waals surface area contributed by atoms with Gasteiger partial charge in [-0.05, 0) is 18.8 Å². The highest BCUT2D eigenvalue weighted by Gasteiger charge is 2.28. The highest BCUT2D eigenvalue weighted by Crippen LogP contribution is 2.33. The summed E-state index contributed by atoms with van der Waals surface area (Å²) < 4.78 is 14.6. The second kappa shape index (κ2) is 7.96. The van der Waals surface area contributed by atoms with E-state index >= 15 is 0 Å². The highest BCUT2D eigenvalue weighted by atomic mass is 32.1. The van der Waals surface area contributed by atoms with Gasteiger partial charge in [0.1, 0.15) is 22.0 Å². The molecule has 1 aromatic rings. The smallest absolute Gasteiger partial charge is 0.348 e. The normalized spacial score (nSPS) is 16.0. The zero-order valence-electron chi connectivity index (χ0n) is 13.5. The van der Waals surface area contributed by atoms with Crippen LogP contribution in [0.25, 0.3) is 0 Å². The van der Waals surface area contributed by atoms with Crippen LogP contribution in [-0.2, 0) is 25.6 Å². The molecule has 2 N–H and O–H groups in total. The van der Waals surface area contributed by atoms with Crippen molar-refractivity contribution in [2.24, 2.45) is 5.92 Å². The van der Waals surface area contributed by atoms with Crippen LogP contribution in [0.5, 0.6) is 0 Å². The highest BCUT2D eigenvalue weighted by molar-refractivity contribution is 7.18. The summed E-state index contributed by atoms with van der Waals surface area (Å²) in [4.78, 5) is 35.9. The van der Waals surface area contributed by atoms with Crippen LogP contribution in [0.4, 0.5) is 5.00 Å². The number of nitrogen functional groups attached to an aromatic ring is 1. The molecule has 1 heterocycles. The number of carbonyl (C=O) groups is 3. The number of nitrogens with two attached hydrogens (primary N) is 1. The number of esters is 3. The number of ether oxygens (including phenoxy) is 3. The van der Waals surface area contributed by atoms with Gasteiger partial charge in [-0.3, -0.25) is 4.79 Å². The molecule has 0 radical (unpaired) electrons. The van der Waals surface area contributed by atoms with Crippen molar-refractivity contribution in [1.82, 2.24) is 0 Å². The molecule has 0 saturated heterocycles. The van der Waals surface area contributed by atoms with E-state index in [0.29, 0.717) is 0 Å². The van der Waals surface area contributed by atoms with Gasteiger partial charge in [0, 0.05) is 5.56 Å². The SMILES string of the molecule is COC(=O)c1sc(N)c(C(=O)OC)c1COC(=O)C[C@H]1C=CCC1. The molecule has 0 amide bonds. The second-order valence-electron chi connectivity index (χ2n) is 5.26. The predicted octanol–water partition coefficient (Wildman–Crippen LogP) is 2.30. The van der Waals surface area contributed by atoms with Gasteiger partial charge in [0.2, 0.25) is 0 Å². The van der Waals surface area contributed by atoms with E-state index in [-0.39, 0.29) is 40.0 Å². The number of thiophene rings is 1. The Bertz CT molecular complexity index is 678. The van der Waals surface area contributed by atoms with E-state index in [1.165, 1.54) is 14.2 Å². The van der Waals surface area contributed by atoms with E-state index in [9.17, 15) is 14.4 Å². The van der Waals surface area contributed by atoms with E-state index in [1.54, 1.807) is 0 Å². The van der Waals surface area contributed by atoms with E-state index in [2.05, 4.69) is 9.47 Å². The Morgan fingerprint density at radius 3 is 2.54 bits per heavy atom. The molecule has 0 spiro atoms. The van der Waals surface area contributed by atoms with Crippen molar-refractivity contribution < 1.29 is 28.6 Å². The fraction of sp³-hybridized carbons (Fsp3) is 0.438. The first-order valence-corrected chi connectivity index (χ1v) is 8.19. The van der Waals surface area contributed by atoms with Crippen molar-refractivity contribution in [3.05, 3.63) is 28.2 Å². The summed E-state index contributed by atoms with van der Waals surface area (Å²) in [6, 6.07) is 0. The van der Waals surface area contributed by atoms with Crippen molar-refractivity contribution in [3.63, 3.8) is 0 Å². The molecular weight excluding hydrogens is 334 g/mol. The van der Waals surface area contributed by atoms with Crippen molar-refractivity contribution >= 4 is 34.2 Å². The average molecular weight is 353 g/mol. The molecule has 0 aromatic carbocycles. The number of rotatable bonds is 6. The Morgan fingerprint density at radius 2 is 1.96 bits per heavy atom. The standard InChI is InChI=1S/C16H19NO6S/c1-21-15(19)12-10(13(16(20)22-2)24-14(12)17)8-23-11(18)7-9-5-3-4-6-9/h3,5,9H,4,6-8,17H2,1-2H3/t9-/m0/s1. The third-order valence-electron chi connectivity index (χ3n) is 3.71. The van der Waals surface area contributed by atoms with Crippen LogP contribution in [0.2, 0.25) is 0 Å². The van der Waals surface area contributed by atoms with Crippen molar-refractivity contribution in [2.75, 3.05) is 20.0 Å². The van der Waals surface area contributed by atoms with Crippen LogP contribution in [0, 0.1) is 5.92 Å². The Kier molecular flexibility index (Phi) is 5.97. The van der Waals surface area contributed by atoms with Gasteiger partial charge in [0.25, 0.3) is 0 Å². The number of anilines is 1. The molecular formula is C16H19NO6S. The molecule has 1 aliphatic carbocycles. The first kappa shape index (κ1) is 18.0. The summed E-state index contributed by atoms with van der Waals surface area (Å²) in [5, 5.41) is 0.118. The van der Waals surface area contributed by atoms with Gasteiger partial charge in [-0.25, -0.2) is 9.59 Å². The van der Waals surface area contributed by atoms with Gasteiger partial charge in [-0.1, -0.05) is 12.2 Å². The number of carbonyl (C=O) groups excluding carboxylic acids is 3. The van der Waals surface area contributed by atoms with Gasteiger partial charge in [0.05, 0.1) is 20.6 Å². The van der Waals surface area contributed by atoms with Gasteiger partial charge < -0.3 is 19.9 Å². The largest absolute Gasteiger partial charge is 0.465 e. The average Bonchev–Trinajstić information content (AvgIpc) is 3.19. The Labute approximate surface area is 143 Å². The summed E-state index contributed by atoms with van der Waals surface area (Å²) in [7, 11) is 2.43. The summed E-state index contributed by atoms with van der Waals surface area (Å²) >= 11 is 0.902. The van der Waals surface area contributed by atoms with Crippen LogP contribution < -0.4 is 5.73 Å². The second-order valence-corrected chi connectivity index (χ2v) is 6.31. The first-order chi connectivity index (χ1) is 11.5. The molecule has 0 saturated carbocycles. The minimum absolute atomic E-state index is 0.0384. The Hall–Kier alpha value is -2.35. The maximum Gasteiger partial charge on any atom is 0.348 e. The molecule has 0 fully saturated rings. The molecule has 24 heavy (non-hydrogen) atoms. The molecule has 0 bridgehead atoms. The molecule has 130 valence electrons. The van der Waals surface area contributed by atoms with Gasteiger partial charge in [-0.15, -0.1) is 11.3 Å². The third kappa shape index (κ3) is 3.94. The molecule has 1 aromatic heterocycles. The lowest BCUT2D eigenvalue weighted by Crippen LogP contribution is -2.14. The number of methoxy groups -OCH3 is 2. The lowest BCUT2D eigenvalue weighted by atomic mass is 10.1. The quantitative estimate of drug-likeness (QED) is 0.475. The minimum atomic E-state index is -0.691. The summed E-state index contributed by atoms with van der Waals surface area (Å²) in [6.45, 7) is -0.238. The molecule has 8 heteroatoms. The first-order valence-electron chi connectivity index (χ1n) is 7.38.